The molecule has 0 fully saturated rings. The van der Waals surface area contributed by atoms with E-state index in [1.54, 1.807) is 18.3 Å². The Labute approximate surface area is 122 Å². The molecule has 0 aliphatic rings. The Balaban J connectivity index is 2.18. The molecule has 0 aliphatic heterocycles. The zero-order chi connectivity index (χ0) is 14.6. The molecule has 2 N–H and O–H groups in total. The highest BCUT2D eigenvalue weighted by molar-refractivity contribution is 7.89. The van der Waals surface area contributed by atoms with Crippen LogP contribution in [0, 0.1) is 6.92 Å². The number of nitrogens with zero attached hydrogens (tertiary/aromatic N) is 2. The minimum Gasteiger partial charge on any atom is -0.383 e. The maximum Gasteiger partial charge on any atom is 0.260 e. The third-order valence-corrected chi connectivity index (χ3v) is 4.77. The van der Waals surface area contributed by atoms with E-state index < -0.39 is 10.0 Å². The lowest BCUT2D eigenvalue weighted by molar-refractivity contribution is 0.578. The number of nitrogens with one attached hydrogen (secondary N) is 2. The fourth-order valence-electron chi connectivity index (χ4n) is 1.65. The van der Waals surface area contributed by atoms with E-state index in [-0.39, 0.29) is 11.6 Å². The summed E-state index contributed by atoms with van der Waals surface area (Å²) in [4.78, 5) is 8.92. The molecular formula is C12H16N4O2S2. The summed E-state index contributed by atoms with van der Waals surface area (Å²) in [5.74, 6) is 0. The van der Waals surface area contributed by atoms with Gasteiger partial charge in [0.25, 0.3) is 10.0 Å². The van der Waals surface area contributed by atoms with Crippen molar-refractivity contribution in [1.29, 1.82) is 0 Å². The fraction of sp³-hybridized carbons (Fsp3) is 0.333. The van der Waals surface area contributed by atoms with Crippen LogP contribution in [0.2, 0.25) is 0 Å². The second kappa shape index (κ2) is 6.29. The number of thiazole rings is 1. The van der Waals surface area contributed by atoms with E-state index >= 15 is 0 Å². The predicted octanol–water partition coefficient (Wildman–Crippen LogP) is 1.76. The number of aromatic nitrogens is 2. The summed E-state index contributed by atoms with van der Waals surface area (Å²) in [6, 6.07) is 3.39. The van der Waals surface area contributed by atoms with Gasteiger partial charge in [-0.05, 0) is 26.0 Å². The second-order valence-electron chi connectivity index (χ2n) is 4.06. The molecule has 0 aromatic carbocycles. The van der Waals surface area contributed by atoms with Crippen molar-refractivity contribution in [2.24, 2.45) is 0 Å². The number of sulfonamides is 1. The summed E-state index contributed by atoms with van der Waals surface area (Å²) in [5.41, 5.74) is 0.503. The number of anilines is 1. The Kier molecular flexibility index (Phi) is 4.69. The van der Waals surface area contributed by atoms with Crippen molar-refractivity contribution in [3.05, 3.63) is 34.4 Å². The highest BCUT2D eigenvalue weighted by Crippen LogP contribution is 2.18. The summed E-state index contributed by atoms with van der Waals surface area (Å²) < 4.78 is 27.1. The van der Waals surface area contributed by atoms with Crippen LogP contribution >= 0.6 is 11.3 Å². The molecule has 0 aliphatic carbocycles. The Morgan fingerprint density at radius 3 is 2.80 bits per heavy atom. The molecule has 8 heteroatoms. The maximum atomic E-state index is 12.3. The predicted molar refractivity (Wildman–Crippen MR) is 79.3 cm³/mol. The third kappa shape index (κ3) is 3.53. The van der Waals surface area contributed by atoms with E-state index in [9.17, 15) is 8.42 Å². The van der Waals surface area contributed by atoms with E-state index in [1.165, 1.54) is 17.5 Å². The minimum absolute atomic E-state index is 0.0167. The Hall–Kier alpha value is -1.51. The van der Waals surface area contributed by atoms with Crippen molar-refractivity contribution >= 4 is 27.0 Å². The molecular weight excluding hydrogens is 296 g/mol. The summed E-state index contributed by atoms with van der Waals surface area (Å²) in [5, 5.41) is 3.92. The number of aryl methyl sites for hydroxylation is 1. The molecule has 0 spiro atoms. The zero-order valence-electron chi connectivity index (χ0n) is 11.3. The average Bonchev–Trinajstić information content (AvgIpc) is 2.83. The van der Waals surface area contributed by atoms with Gasteiger partial charge in [-0.3, -0.25) is 0 Å². The largest absolute Gasteiger partial charge is 0.383 e. The summed E-state index contributed by atoms with van der Waals surface area (Å²) >= 11 is 1.46. The smallest absolute Gasteiger partial charge is 0.260 e. The summed E-state index contributed by atoms with van der Waals surface area (Å²) in [7, 11) is -3.65. The second-order valence-corrected chi connectivity index (χ2v) is 7.06. The van der Waals surface area contributed by atoms with Crippen molar-refractivity contribution in [3.8, 4) is 0 Å². The first-order valence-electron chi connectivity index (χ1n) is 6.13. The molecule has 2 heterocycles. The quantitative estimate of drug-likeness (QED) is 0.849. The number of rotatable bonds is 6. The molecule has 0 saturated carbocycles. The number of hydrogen-bond acceptors (Lipinski definition) is 6. The SMILES string of the molecule is CCNc1cccnc1S(=O)(=O)NCc1cnc(C)s1. The molecule has 2 rings (SSSR count). The monoisotopic (exact) mass is 312 g/mol. The molecule has 20 heavy (non-hydrogen) atoms. The lowest BCUT2D eigenvalue weighted by atomic mass is 10.4. The van der Waals surface area contributed by atoms with Crippen molar-refractivity contribution in [1.82, 2.24) is 14.7 Å². The standard InChI is InChI=1S/C12H16N4O2S2/c1-3-13-11-5-4-6-14-12(11)20(17,18)16-8-10-7-15-9(2)19-10/h4-7,13,16H,3,8H2,1-2H3. The molecule has 0 radical (unpaired) electrons. The van der Waals surface area contributed by atoms with Crippen LogP contribution in [0.3, 0.4) is 0 Å². The Morgan fingerprint density at radius 1 is 1.35 bits per heavy atom. The third-order valence-electron chi connectivity index (χ3n) is 2.50. The van der Waals surface area contributed by atoms with Crippen molar-refractivity contribution in [2.45, 2.75) is 25.4 Å². The fourth-order valence-corrected chi connectivity index (χ4v) is 3.59. The highest BCUT2D eigenvalue weighted by atomic mass is 32.2. The lowest BCUT2D eigenvalue weighted by Crippen LogP contribution is -2.25. The van der Waals surface area contributed by atoms with Gasteiger partial charge in [-0.15, -0.1) is 11.3 Å². The molecule has 0 unspecified atom stereocenters. The van der Waals surface area contributed by atoms with Crippen LogP contribution in [-0.4, -0.2) is 24.9 Å². The van der Waals surface area contributed by atoms with Crippen molar-refractivity contribution in [2.75, 3.05) is 11.9 Å². The van der Waals surface area contributed by atoms with Crippen molar-refractivity contribution in [3.63, 3.8) is 0 Å². The Bertz CT molecular complexity index is 682. The van der Waals surface area contributed by atoms with Gasteiger partial charge in [0.05, 0.1) is 10.7 Å². The van der Waals surface area contributed by atoms with Gasteiger partial charge in [0.1, 0.15) is 0 Å². The first-order valence-corrected chi connectivity index (χ1v) is 8.42. The maximum absolute atomic E-state index is 12.3. The van der Waals surface area contributed by atoms with E-state index in [0.717, 1.165) is 9.88 Å². The molecule has 0 bridgehead atoms. The highest BCUT2D eigenvalue weighted by Gasteiger charge is 2.19. The first-order chi connectivity index (χ1) is 9.53. The molecule has 0 amide bonds. The van der Waals surface area contributed by atoms with Gasteiger partial charge >= 0.3 is 0 Å². The Morgan fingerprint density at radius 2 is 2.15 bits per heavy atom. The summed E-state index contributed by atoms with van der Waals surface area (Å²) in [6.45, 7) is 4.62. The first kappa shape index (κ1) is 14.9. The normalized spacial score (nSPS) is 11.5. The molecule has 0 saturated heterocycles. The van der Waals surface area contributed by atoms with E-state index in [4.69, 9.17) is 0 Å². The lowest BCUT2D eigenvalue weighted by Gasteiger charge is -2.10. The molecule has 2 aromatic heterocycles. The molecule has 6 nitrogen and oxygen atoms in total. The van der Waals surface area contributed by atoms with Gasteiger partial charge in [0, 0.05) is 30.4 Å². The van der Waals surface area contributed by atoms with Crippen LogP contribution in [0.1, 0.15) is 16.8 Å². The van der Waals surface area contributed by atoms with E-state index in [2.05, 4.69) is 20.0 Å². The van der Waals surface area contributed by atoms with Gasteiger partial charge in [-0.1, -0.05) is 0 Å². The van der Waals surface area contributed by atoms with E-state index in [0.29, 0.717) is 12.2 Å². The van der Waals surface area contributed by atoms with Gasteiger partial charge in [0.2, 0.25) is 0 Å². The number of hydrogen-bond donors (Lipinski definition) is 2. The molecule has 0 atom stereocenters. The zero-order valence-corrected chi connectivity index (χ0v) is 12.9. The molecule has 2 aromatic rings. The summed E-state index contributed by atoms with van der Waals surface area (Å²) in [6.07, 6.45) is 3.14. The van der Waals surface area contributed by atoms with Gasteiger partial charge in [-0.25, -0.2) is 23.1 Å². The van der Waals surface area contributed by atoms with Crippen LogP contribution in [0.25, 0.3) is 0 Å². The minimum atomic E-state index is -3.65. The molecule has 108 valence electrons. The van der Waals surface area contributed by atoms with Crippen LogP contribution in [-0.2, 0) is 16.6 Å². The number of pyridine rings is 1. The van der Waals surface area contributed by atoms with Crippen molar-refractivity contribution < 1.29 is 8.42 Å². The van der Waals surface area contributed by atoms with Gasteiger partial charge < -0.3 is 5.32 Å². The van der Waals surface area contributed by atoms with Crippen LogP contribution < -0.4 is 10.0 Å². The van der Waals surface area contributed by atoms with Crippen LogP contribution in [0.5, 0.6) is 0 Å². The van der Waals surface area contributed by atoms with Crippen LogP contribution in [0.15, 0.2) is 29.6 Å². The average molecular weight is 312 g/mol. The van der Waals surface area contributed by atoms with Gasteiger partial charge in [0.15, 0.2) is 5.03 Å². The van der Waals surface area contributed by atoms with Crippen LogP contribution in [0.4, 0.5) is 5.69 Å². The topological polar surface area (TPSA) is 84.0 Å². The van der Waals surface area contributed by atoms with Gasteiger partial charge in [-0.2, -0.15) is 0 Å². The van der Waals surface area contributed by atoms with E-state index in [1.807, 2.05) is 13.8 Å².